The highest BCUT2D eigenvalue weighted by Gasteiger charge is 2.34. The lowest BCUT2D eigenvalue weighted by atomic mass is 10.1. The lowest BCUT2D eigenvalue weighted by Crippen LogP contribution is -2.42. The fourth-order valence-corrected chi connectivity index (χ4v) is 3.15. The summed E-state index contributed by atoms with van der Waals surface area (Å²) < 4.78 is 0. The standard InChI is InChI=1S/C21H26N2O/c1-15-9-12-20(16(2)13-15)22-21(24)23(17(3)19-10-11-19)14-18-7-5-4-6-8-18/h4-9,12-13,17,19H,10-11,14H2,1-3H3,(H,22,24). The van der Waals surface area contributed by atoms with Gasteiger partial charge >= 0.3 is 6.03 Å². The molecule has 1 saturated carbocycles. The van der Waals surface area contributed by atoms with Crippen LogP contribution in [0.1, 0.15) is 36.5 Å². The van der Waals surface area contributed by atoms with Gasteiger partial charge in [-0.15, -0.1) is 0 Å². The van der Waals surface area contributed by atoms with Crippen molar-refractivity contribution in [1.82, 2.24) is 4.90 Å². The van der Waals surface area contributed by atoms with E-state index in [0.29, 0.717) is 12.5 Å². The number of hydrogen-bond donors (Lipinski definition) is 1. The molecular formula is C21H26N2O. The zero-order valence-electron chi connectivity index (χ0n) is 14.8. The molecule has 2 aromatic rings. The van der Waals surface area contributed by atoms with Crippen molar-refractivity contribution in [1.29, 1.82) is 0 Å². The van der Waals surface area contributed by atoms with Gasteiger partial charge < -0.3 is 10.2 Å². The lowest BCUT2D eigenvalue weighted by molar-refractivity contribution is 0.180. The molecule has 0 aliphatic heterocycles. The van der Waals surface area contributed by atoms with Gasteiger partial charge in [0.1, 0.15) is 0 Å². The van der Waals surface area contributed by atoms with Gasteiger partial charge in [-0.3, -0.25) is 0 Å². The summed E-state index contributed by atoms with van der Waals surface area (Å²) in [5.74, 6) is 0.638. The second-order valence-corrected chi connectivity index (χ2v) is 6.94. The van der Waals surface area contributed by atoms with Gasteiger partial charge in [-0.1, -0.05) is 48.0 Å². The minimum absolute atomic E-state index is 0.00907. The number of carbonyl (C=O) groups excluding carboxylic acids is 1. The largest absolute Gasteiger partial charge is 0.322 e. The molecule has 1 unspecified atom stereocenters. The molecule has 3 rings (SSSR count). The fraction of sp³-hybridized carbons (Fsp3) is 0.381. The quantitative estimate of drug-likeness (QED) is 0.812. The fourth-order valence-electron chi connectivity index (χ4n) is 3.15. The first-order valence-corrected chi connectivity index (χ1v) is 8.73. The van der Waals surface area contributed by atoms with E-state index in [-0.39, 0.29) is 12.1 Å². The molecule has 2 aromatic carbocycles. The van der Waals surface area contributed by atoms with Gasteiger partial charge in [0, 0.05) is 18.3 Å². The monoisotopic (exact) mass is 322 g/mol. The Morgan fingerprint density at radius 3 is 2.50 bits per heavy atom. The van der Waals surface area contributed by atoms with Crippen molar-refractivity contribution in [3.05, 3.63) is 65.2 Å². The highest BCUT2D eigenvalue weighted by atomic mass is 16.2. The van der Waals surface area contributed by atoms with E-state index in [9.17, 15) is 4.79 Å². The molecule has 0 bridgehead atoms. The zero-order chi connectivity index (χ0) is 17.1. The zero-order valence-corrected chi connectivity index (χ0v) is 14.8. The molecule has 1 N–H and O–H groups in total. The first-order chi connectivity index (χ1) is 11.5. The van der Waals surface area contributed by atoms with Crippen molar-refractivity contribution in [3.8, 4) is 0 Å². The molecule has 1 aliphatic rings. The Morgan fingerprint density at radius 1 is 1.17 bits per heavy atom. The van der Waals surface area contributed by atoms with Crippen LogP contribution in [0.5, 0.6) is 0 Å². The van der Waals surface area contributed by atoms with Crippen molar-refractivity contribution >= 4 is 11.7 Å². The van der Waals surface area contributed by atoms with E-state index in [1.54, 1.807) is 0 Å². The molecular weight excluding hydrogens is 296 g/mol. The number of amides is 2. The van der Waals surface area contributed by atoms with Crippen molar-refractivity contribution in [3.63, 3.8) is 0 Å². The van der Waals surface area contributed by atoms with Crippen LogP contribution in [0.3, 0.4) is 0 Å². The Kier molecular flexibility index (Phi) is 4.89. The molecule has 0 radical (unpaired) electrons. The normalized spacial score (nSPS) is 15.0. The predicted molar refractivity (Wildman–Crippen MR) is 99.1 cm³/mol. The number of carbonyl (C=O) groups is 1. The number of anilines is 1. The highest BCUT2D eigenvalue weighted by molar-refractivity contribution is 5.90. The molecule has 0 saturated heterocycles. The summed E-state index contributed by atoms with van der Waals surface area (Å²) in [6.07, 6.45) is 2.45. The van der Waals surface area contributed by atoms with Crippen LogP contribution >= 0.6 is 0 Å². The van der Waals surface area contributed by atoms with Gasteiger partial charge in [0.2, 0.25) is 0 Å². The van der Waals surface area contributed by atoms with Gasteiger partial charge in [0.05, 0.1) is 0 Å². The summed E-state index contributed by atoms with van der Waals surface area (Å²) >= 11 is 0. The van der Waals surface area contributed by atoms with E-state index in [4.69, 9.17) is 0 Å². The molecule has 126 valence electrons. The maximum absolute atomic E-state index is 12.9. The van der Waals surface area contributed by atoms with Crippen LogP contribution in [0.15, 0.2) is 48.5 Å². The molecule has 1 aliphatic carbocycles. The minimum atomic E-state index is -0.00907. The number of benzene rings is 2. The summed E-state index contributed by atoms with van der Waals surface area (Å²) in [5.41, 5.74) is 4.37. The van der Waals surface area contributed by atoms with E-state index < -0.39 is 0 Å². The van der Waals surface area contributed by atoms with E-state index in [1.807, 2.05) is 42.2 Å². The van der Waals surface area contributed by atoms with Crippen LogP contribution in [0.25, 0.3) is 0 Å². The lowest BCUT2D eigenvalue weighted by Gasteiger charge is -2.30. The van der Waals surface area contributed by atoms with Crippen molar-refractivity contribution in [2.24, 2.45) is 5.92 Å². The summed E-state index contributed by atoms with van der Waals surface area (Å²) in [4.78, 5) is 14.9. The third-order valence-electron chi connectivity index (χ3n) is 4.88. The van der Waals surface area contributed by atoms with Gasteiger partial charge in [-0.05, 0) is 56.7 Å². The average Bonchev–Trinajstić information content (AvgIpc) is 3.40. The Hall–Kier alpha value is -2.29. The van der Waals surface area contributed by atoms with E-state index in [1.165, 1.54) is 24.0 Å². The number of urea groups is 1. The Balaban J connectivity index is 1.77. The van der Waals surface area contributed by atoms with Gasteiger partial charge in [-0.25, -0.2) is 4.79 Å². The predicted octanol–water partition coefficient (Wildman–Crippen LogP) is 5.14. The second kappa shape index (κ2) is 7.08. The Labute approximate surface area is 144 Å². The van der Waals surface area contributed by atoms with Crippen LogP contribution in [0.4, 0.5) is 10.5 Å². The first kappa shape index (κ1) is 16.6. The molecule has 1 atom stereocenters. The van der Waals surface area contributed by atoms with Crippen molar-refractivity contribution in [2.45, 2.75) is 46.2 Å². The summed E-state index contributed by atoms with van der Waals surface area (Å²) in [6, 6.07) is 16.6. The molecule has 2 amide bonds. The summed E-state index contributed by atoms with van der Waals surface area (Å²) in [5, 5.41) is 3.11. The topological polar surface area (TPSA) is 32.3 Å². The number of rotatable bonds is 5. The van der Waals surface area contributed by atoms with E-state index in [0.717, 1.165) is 11.3 Å². The van der Waals surface area contributed by atoms with Crippen LogP contribution in [-0.2, 0) is 6.54 Å². The maximum Gasteiger partial charge on any atom is 0.322 e. The smallest absolute Gasteiger partial charge is 0.317 e. The SMILES string of the molecule is Cc1ccc(NC(=O)N(Cc2ccccc2)C(C)C2CC2)c(C)c1. The van der Waals surface area contributed by atoms with Crippen LogP contribution < -0.4 is 5.32 Å². The maximum atomic E-state index is 12.9. The summed E-state index contributed by atoms with van der Waals surface area (Å²) in [7, 11) is 0. The van der Waals surface area contributed by atoms with E-state index in [2.05, 4.69) is 37.4 Å². The number of nitrogens with zero attached hydrogens (tertiary/aromatic N) is 1. The third kappa shape index (κ3) is 3.97. The molecule has 3 heteroatoms. The van der Waals surface area contributed by atoms with Gasteiger partial charge in [0.25, 0.3) is 0 Å². The Morgan fingerprint density at radius 2 is 1.88 bits per heavy atom. The average molecular weight is 322 g/mol. The molecule has 0 spiro atoms. The van der Waals surface area contributed by atoms with Crippen molar-refractivity contribution in [2.75, 3.05) is 5.32 Å². The van der Waals surface area contributed by atoms with Crippen LogP contribution in [0.2, 0.25) is 0 Å². The minimum Gasteiger partial charge on any atom is -0.317 e. The van der Waals surface area contributed by atoms with Crippen LogP contribution in [0, 0.1) is 19.8 Å². The number of aryl methyl sites for hydroxylation is 2. The first-order valence-electron chi connectivity index (χ1n) is 8.73. The molecule has 24 heavy (non-hydrogen) atoms. The molecule has 3 nitrogen and oxygen atoms in total. The second-order valence-electron chi connectivity index (χ2n) is 6.94. The Bertz CT molecular complexity index is 707. The van der Waals surface area contributed by atoms with Crippen LogP contribution in [-0.4, -0.2) is 17.0 Å². The molecule has 0 heterocycles. The molecule has 1 fully saturated rings. The van der Waals surface area contributed by atoms with Gasteiger partial charge in [-0.2, -0.15) is 0 Å². The highest BCUT2D eigenvalue weighted by Crippen LogP contribution is 2.36. The van der Waals surface area contributed by atoms with Gasteiger partial charge in [0.15, 0.2) is 0 Å². The van der Waals surface area contributed by atoms with E-state index >= 15 is 0 Å². The summed E-state index contributed by atoms with van der Waals surface area (Å²) in [6.45, 7) is 6.92. The third-order valence-corrected chi connectivity index (χ3v) is 4.88. The number of nitrogens with one attached hydrogen (secondary N) is 1. The number of hydrogen-bond acceptors (Lipinski definition) is 1. The molecule has 0 aromatic heterocycles. The van der Waals surface area contributed by atoms with Crippen molar-refractivity contribution < 1.29 is 4.79 Å².